The maximum Gasteiger partial charge on any atom is 0.256 e. The highest BCUT2D eigenvalue weighted by Crippen LogP contribution is 2.25. The van der Waals surface area contributed by atoms with Crippen molar-refractivity contribution in [3.63, 3.8) is 0 Å². The maximum absolute atomic E-state index is 12.7. The van der Waals surface area contributed by atoms with Crippen molar-refractivity contribution in [2.24, 2.45) is 0 Å². The zero-order valence-electron chi connectivity index (χ0n) is 20.9. The first kappa shape index (κ1) is 24.4. The van der Waals surface area contributed by atoms with Gasteiger partial charge in [0.25, 0.3) is 5.91 Å². The molecule has 0 saturated carbocycles. The van der Waals surface area contributed by atoms with Crippen LogP contribution in [0.15, 0.2) is 48.5 Å². The van der Waals surface area contributed by atoms with Crippen LogP contribution < -0.4 is 24.4 Å². The molecule has 1 aromatic heterocycles. The zero-order chi connectivity index (χ0) is 24.9. The number of carbonyl (C=O) groups is 1. The summed E-state index contributed by atoms with van der Waals surface area (Å²) in [6.45, 7) is 6.68. The first-order valence-corrected chi connectivity index (χ1v) is 11.6. The topological polar surface area (TPSA) is 92.0 Å². The zero-order valence-corrected chi connectivity index (χ0v) is 20.9. The van der Waals surface area contributed by atoms with Gasteiger partial charge in [0.05, 0.1) is 14.2 Å². The van der Waals surface area contributed by atoms with Crippen molar-refractivity contribution in [2.45, 2.75) is 32.5 Å². The van der Waals surface area contributed by atoms with Crippen LogP contribution in [0.4, 0.5) is 11.5 Å². The second kappa shape index (κ2) is 10.7. The summed E-state index contributed by atoms with van der Waals surface area (Å²) in [4.78, 5) is 17.5. The predicted molar refractivity (Wildman–Crippen MR) is 136 cm³/mol. The molecule has 3 aromatic rings. The molecule has 0 unspecified atom stereocenters. The quantitative estimate of drug-likeness (QED) is 0.508. The van der Waals surface area contributed by atoms with Crippen LogP contribution in [0.2, 0.25) is 0 Å². The molecule has 2 heterocycles. The van der Waals surface area contributed by atoms with Gasteiger partial charge in [-0.05, 0) is 62.9 Å². The summed E-state index contributed by atoms with van der Waals surface area (Å²) < 4.78 is 16.3. The number of aromatic amines is 1. The van der Waals surface area contributed by atoms with E-state index in [1.807, 2.05) is 36.4 Å². The Kier molecular flexibility index (Phi) is 7.45. The molecule has 1 saturated heterocycles. The number of benzene rings is 2. The largest absolute Gasteiger partial charge is 0.497 e. The lowest BCUT2D eigenvalue weighted by Gasteiger charge is -2.43. The van der Waals surface area contributed by atoms with Crippen molar-refractivity contribution in [1.29, 1.82) is 0 Å². The number of nitrogens with one attached hydrogen (secondary N) is 2. The van der Waals surface area contributed by atoms with Crippen LogP contribution in [-0.4, -0.2) is 67.4 Å². The van der Waals surface area contributed by atoms with Crippen LogP contribution in [0, 0.1) is 0 Å². The molecule has 2 atom stereocenters. The molecule has 1 aliphatic heterocycles. The Balaban J connectivity index is 1.33. The van der Waals surface area contributed by atoms with Crippen LogP contribution in [0.5, 0.6) is 17.4 Å². The molecule has 4 rings (SSSR count). The van der Waals surface area contributed by atoms with Crippen LogP contribution in [0.3, 0.4) is 0 Å². The van der Waals surface area contributed by atoms with Gasteiger partial charge in [-0.2, -0.15) is 0 Å². The second-order valence-electron chi connectivity index (χ2n) is 8.90. The summed E-state index contributed by atoms with van der Waals surface area (Å²) in [6, 6.07) is 15.8. The second-order valence-corrected chi connectivity index (χ2v) is 8.90. The van der Waals surface area contributed by atoms with E-state index in [2.05, 4.69) is 46.2 Å². The summed E-state index contributed by atoms with van der Waals surface area (Å²) in [5.41, 5.74) is 2.57. The molecule has 9 nitrogen and oxygen atoms in total. The molecule has 186 valence electrons. The monoisotopic (exact) mass is 479 g/mol. The fourth-order valence-electron chi connectivity index (χ4n) is 4.18. The van der Waals surface area contributed by atoms with E-state index in [4.69, 9.17) is 14.2 Å². The van der Waals surface area contributed by atoms with Gasteiger partial charge in [-0.3, -0.25) is 14.8 Å². The van der Waals surface area contributed by atoms with Crippen molar-refractivity contribution in [3.05, 3.63) is 59.7 Å². The Labute approximate surface area is 206 Å². The molecule has 0 bridgehead atoms. The van der Waals surface area contributed by atoms with Gasteiger partial charge in [0.1, 0.15) is 23.9 Å². The summed E-state index contributed by atoms with van der Waals surface area (Å²) in [5.74, 6) is 1.97. The number of likely N-dealkylation sites (N-methyl/N-ethyl adjacent to an activating group) is 1. The van der Waals surface area contributed by atoms with Gasteiger partial charge in [0, 0.05) is 48.6 Å². The number of aromatic nitrogens is 2. The first-order valence-electron chi connectivity index (χ1n) is 11.6. The Bertz CT molecular complexity index is 1110. The Morgan fingerprint density at radius 1 is 1.03 bits per heavy atom. The summed E-state index contributed by atoms with van der Waals surface area (Å²) in [6.07, 6.45) is 0. The van der Waals surface area contributed by atoms with Gasteiger partial charge in [-0.15, -0.1) is 5.10 Å². The molecule has 35 heavy (non-hydrogen) atoms. The number of hydrogen-bond donors (Lipinski definition) is 2. The number of anilines is 2. The molecular formula is C26H33N5O4. The Morgan fingerprint density at radius 2 is 1.66 bits per heavy atom. The molecule has 0 radical (unpaired) electrons. The minimum Gasteiger partial charge on any atom is -0.497 e. The molecule has 1 aliphatic rings. The van der Waals surface area contributed by atoms with Crippen molar-refractivity contribution in [1.82, 2.24) is 15.1 Å². The fourth-order valence-corrected chi connectivity index (χ4v) is 4.18. The molecule has 0 spiro atoms. The molecule has 2 N–H and O–H groups in total. The van der Waals surface area contributed by atoms with E-state index in [-0.39, 0.29) is 12.5 Å². The Morgan fingerprint density at radius 3 is 2.26 bits per heavy atom. The lowest BCUT2D eigenvalue weighted by atomic mass is 10.1. The third-order valence-electron chi connectivity index (χ3n) is 6.45. The van der Waals surface area contributed by atoms with Gasteiger partial charge in [0.2, 0.25) is 5.88 Å². The van der Waals surface area contributed by atoms with E-state index in [0.29, 0.717) is 40.8 Å². The molecular weight excluding hydrogens is 446 g/mol. The number of ether oxygens (including phenoxy) is 3. The number of amides is 1. The minimum absolute atomic E-state index is 0.218. The molecule has 1 amide bonds. The van der Waals surface area contributed by atoms with Gasteiger partial charge < -0.3 is 24.4 Å². The van der Waals surface area contributed by atoms with Crippen molar-refractivity contribution < 1.29 is 19.0 Å². The van der Waals surface area contributed by atoms with Crippen LogP contribution in [-0.2, 0) is 6.61 Å². The van der Waals surface area contributed by atoms with Crippen LogP contribution in [0.1, 0.15) is 29.8 Å². The van der Waals surface area contributed by atoms with Gasteiger partial charge in [-0.25, -0.2) is 0 Å². The number of rotatable bonds is 8. The van der Waals surface area contributed by atoms with Gasteiger partial charge >= 0.3 is 0 Å². The number of carbonyl (C=O) groups excluding carboxylic acids is 1. The normalized spacial score (nSPS) is 18.3. The number of H-pyrrole nitrogens is 1. The summed E-state index contributed by atoms with van der Waals surface area (Å²) in [7, 11) is 5.37. The third-order valence-corrected chi connectivity index (χ3v) is 6.45. The molecule has 0 aliphatic carbocycles. The van der Waals surface area contributed by atoms with Crippen molar-refractivity contribution in [3.8, 4) is 17.4 Å². The summed E-state index contributed by atoms with van der Waals surface area (Å²) >= 11 is 0. The van der Waals surface area contributed by atoms with Crippen LogP contribution in [0.25, 0.3) is 0 Å². The van der Waals surface area contributed by atoms with E-state index in [1.54, 1.807) is 26.4 Å². The van der Waals surface area contributed by atoms with Gasteiger partial charge in [0.15, 0.2) is 0 Å². The summed E-state index contributed by atoms with van der Waals surface area (Å²) in [5, 5.41) is 9.75. The number of nitrogens with zero attached hydrogens (tertiary/aromatic N) is 3. The van der Waals surface area contributed by atoms with E-state index in [1.165, 1.54) is 0 Å². The lowest BCUT2D eigenvalue weighted by molar-refractivity contribution is 0.102. The standard InChI is InChI=1S/C26H33N5O4/c1-17-14-31(15-18(2)30(17)3)21-8-6-20(7-9-21)26(32)27-24-13-25(29-28-24)35-16-19-10-22(33-4)12-23(11-19)34-5/h6-13,17-18H,14-16H2,1-5H3,(H2,27,28,29,32)/t17-,18+. The number of piperazine rings is 1. The predicted octanol–water partition coefficient (Wildman–Crippen LogP) is 3.79. The highest BCUT2D eigenvalue weighted by atomic mass is 16.5. The smallest absolute Gasteiger partial charge is 0.256 e. The maximum atomic E-state index is 12.7. The van der Waals surface area contributed by atoms with E-state index >= 15 is 0 Å². The molecule has 1 fully saturated rings. The SMILES string of the molecule is COc1cc(COc2cc(NC(=O)c3ccc(N4C[C@@H](C)N(C)[C@@H](C)C4)cc3)[nH]n2)cc(OC)c1. The van der Waals surface area contributed by atoms with Crippen molar-refractivity contribution in [2.75, 3.05) is 44.6 Å². The highest BCUT2D eigenvalue weighted by molar-refractivity contribution is 6.04. The molecule has 2 aromatic carbocycles. The van der Waals surface area contributed by atoms with Crippen LogP contribution >= 0.6 is 0 Å². The highest BCUT2D eigenvalue weighted by Gasteiger charge is 2.26. The number of methoxy groups -OCH3 is 2. The Hall–Kier alpha value is -3.72. The fraction of sp³-hybridized carbons (Fsp3) is 0.385. The first-order chi connectivity index (χ1) is 16.9. The van der Waals surface area contributed by atoms with E-state index < -0.39 is 0 Å². The molecule has 9 heteroatoms. The average molecular weight is 480 g/mol. The lowest BCUT2D eigenvalue weighted by Crippen LogP contribution is -2.55. The van der Waals surface area contributed by atoms with Crippen molar-refractivity contribution >= 4 is 17.4 Å². The van der Waals surface area contributed by atoms with E-state index in [0.717, 1.165) is 24.3 Å². The average Bonchev–Trinajstić information content (AvgIpc) is 3.32. The van der Waals surface area contributed by atoms with Gasteiger partial charge in [-0.1, -0.05) is 0 Å². The number of hydrogen-bond acceptors (Lipinski definition) is 7. The third kappa shape index (κ3) is 5.86. The van der Waals surface area contributed by atoms with E-state index in [9.17, 15) is 4.79 Å². The minimum atomic E-state index is -0.218.